The smallest absolute Gasteiger partial charge is 0.307 e. The molecule has 1 fully saturated rings. The topological polar surface area (TPSA) is 38.8 Å². The van der Waals surface area contributed by atoms with Crippen molar-refractivity contribution in [1.29, 1.82) is 0 Å². The number of esters is 1. The summed E-state index contributed by atoms with van der Waals surface area (Å²) in [6.45, 7) is 9.96. The third kappa shape index (κ3) is 5.90. The molecule has 0 radical (unpaired) electrons. The Labute approximate surface area is 181 Å². The maximum atomic E-state index is 11.6. The van der Waals surface area contributed by atoms with Gasteiger partial charge >= 0.3 is 5.97 Å². The van der Waals surface area contributed by atoms with Crippen LogP contribution in [-0.4, -0.2) is 32.3 Å². The van der Waals surface area contributed by atoms with Gasteiger partial charge in [0.2, 0.25) is 0 Å². The zero-order valence-corrected chi connectivity index (χ0v) is 19.2. The second kappa shape index (κ2) is 9.72. The van der Waals surface area contributed by atoms with Crippen molar-refractivity contribution in [3.8, 4) is 5.75 Å². The molecule has 2 aromatic carbocycles. The first-order valence-corrected chi connectivity index (χ1v) is 11.3. The van der Waals surface area contributed by atoms with Crippen molar-refractivity contribution in [1.82, 2.24) is 0 Å². The van der Waals surface area contributed by atoms with Crippen LogP contribution in [0.3, 0.4) is 0 Å². The predicted molar refractivity (Wildman–Crippen MR) is 124 cm³/mol. The number of ether oxygens (including phenoxy) is 2. The van der Waals surface area contributed by atoms with E-state index in [0.717, 1.165) is 30.2 Å². The van der Waals surface area contributed by atoms with E-state index in [1.54, 1.807) is 0 Å². The van der Waals surface area contributed by atoms with Crippen LogP contribution in [0.2, 0.25) is 0 Å². The quantitative estimate of drug-likeness (QED) is 0.508. The van der Waals surface area contributed by atoms with Crippen LogP contribution < -0.4 is 9.64 Å². The SMILES string of the molecule is CCOC(=O)CCN(C)c1ccc2cc(O[C@H]3CC[C@H](C(C)(C)C)CC3)ccc2c1. The highest BCUT2D eigenvalue weighted by Gasteiger charge is 2.30. The summed E-state index contributed by atoms with van der Waals surface area (Å²) in [7, 11) is 2.01. The molecule has 0 amide bonds. The molecule has 0 bridgehead atoms. The van der Waals surface area contributed by atoms with E-state index in [-0.39, 0.29) is 5.97 Å². The number of carbonyl (C=O) groups excluding carboxylic acids is 1. The number of rotatable bonds is 7. The van der Waals surface area contributed by atoms with Gasteiger partial charge in [0.25, 0.3) is 0 Å². The molecular formula is C26H37NO3. The standard InChI is InChI=1S/C26H37NO3/c1-6-29-25(28)15-16-27(5)22-11-7-20-18-24(12-8-19(20)17-22)30-23-13-9-21(10-14-23)26(2,3)4/h7-8,11-12,17-18,21,23H,6,9-10,13-16H2,1-5H3/t21-,23-. The summed E-state index contributed by atoms with van der Waals surface area (Å²) < 4.78 is 11.3. The molecule has 0 saturated heterocycles. The Hall–Kier alpha value is -2.23. The molecule has 2 aromatic rings. The number of nitrogens with zero attached hydrogens (tertiary/aromatic N) is 1. The van der Waals surface area contributed by atoms with Crippen molar-refractivity contribution in [2.45, 2.75) is 65.9 Å². The lowest BCUT2D eigenvalue weighted by atomic mass is 9.72. The number of hydrogen-bond donors (Lipinski definition) is 0. The molecule has 1 aliphatic rings. The van der Waals surface area contributed by atoms with Crippen molar-refractivity contribution >= 4 is 22.4 Å². The van der Waals surface area contributed by atoms with Gasteiger partial charge in [0.1, 0.15) is 5.75 Å². The van der Waals surface area contributed by atoms with Crippen molar-refractivity contribution in [3.63, 3.8) is 0 Å². The van der Waals surface area contributed by atoms with E-state index in [9.17, 15) is 4.79 Å². The Kier molecular flexibility index (Phi) is 7.27. The summed E-state index contributed by atoms with van der Waals surface area (Å²) in [4.78, 5) is 13.7. The minimum Gasteiger partial charge on any atom is -0.490 e. The fraction of sp³-hybridized carbons (Fsp3) is 0.577. The second-order valence-corrected chi connectivity index (χ2v) is 9.63. The zero-order valence-electron chi connectivity index (χ0n) is 19.2. The van der Waals surface area contributed by atoms with Gasteiger partial charge in [-0.3, -0.25) is 4.79 Å². The average molecular weight is 412 g/mol. The van der Waals surface area contributed by atoms with Gasteiger partial charge in [0, 0.05) is 19.3 Å². The van der Waals surface area contributed by atoms with E-state index < -0.39 is 0 Å². The third-order valence-corrected chi connectivity index (χ3v) is 6.39. The Morgan fingerprint density at radius 3 is 2.37 bits per heavy atom. The molecule has 0 atom stereocenters. The van der Waals surface area contributed by atoms with Crippen LogP contribution in [0, 0.1) is 11.3 Å². The molecule has 30 heavy (non-hydrogen) atoms. The Bertz CT molecular complexity index is 847. The number of carbonyl (C=O) groups is 1. The lowest BCUT2D eigenvalue weighted by Crippen LogP contribution is -2.30. The lowest BCUT2D eigenvalue weighted by Gasteiger charge is -2.37. The molecule has 4 heteroatoms. The van der Waals surface area contributed by atoms with Gasteiger partial charge in [-0.1, -0.05) is 32.9 Å². The summed E-state index contributed by atoms with van der Waals surface area (Å²) in [5.41, 5.74) is 1.50. The summed E-state index contributed by atoms with van der Waals surface area (Å²) in [5.74, 6) is 1.61. The number of benzene rings is 2. The van der Waals surface area contributed by atoms with Gasteiger partial charge in [-0.15, -0.1) is 0 Å². The lowest BCUT2D eigenvalue weighted by molar-refractivity contribution is -0.142. The summed E-state index contributed by atoms with van der Waals surface area (Å²) in [6, 6.07) is 12.8. The van der Waals surface area contributed by atoms with Crippen LogP contribution in [0.5, 0.6) is 5.75 Å². The van der Waals surface area contributed by atoms with Gasteiger partial charge in [0.15, 0.2) is 0 Å². The molecule has 0 aromatic heterocycles. The largest absolute Gasteiger partial charge is 0.490 e. The van der Waals surface area contributed by atoms with E-state index in [0.29, 0.717) is 31.1 Å². The average Bonchev–Trinajstić information content (AvgIpc) is 2.71. The fourth-order valence-corrected chi connectivity index (χ4v) is 4.38. The van der Waals surface area contributed by atoms with Crippen LogP contribution in [0.1, 0.15) is 59.8 Å². The van der Waals surface area contributed by atoms with E-state index in [4.69, 9.17) is 9.47 Å². The van der Waals surface area contributed by atoms with E-state index in [1.807, 2.05) is 14.0 Å². The molecule has 3 rings (SSSR count). The molecule has 0 spiro atoms. The first-order valence-electron chi connectivity index (χ1n) is 11.3. The summed E-state index contributed by atoms with van der Waals surface area (Å²) in [5, 5.41) is 2.36. The van der Waals surface area contributed by atoms with Crippen LogP contribution in [0.15, 0.2) is 36.4 Å². The van der Waals surface area contributed by atoms with E-state index in [1.165, 1.54) is 23.6 Å². The van der Waals surface area contributed by atoms with Gasteiger partial charge in [-0.25, -0.2) is 0 Å². The molecule has 0 N–H and O–H groups in total. The zero-order chi connectivity index (χ0) is 21.7. The van der Waals surface area contributed by atoms with Crippen LogP contribution in [-0.2, 0) is 9.53 Å². The molecule has 164 valence electrons. The highest BCUT2D eigenvalue weighted by molar-refractivity contribution is 5.87. The monoisotopic (exact) mass is 411 g/mol. The van der Waals surface area contributed by atoms with E-state index >= 15 is 0 Å². The minimum absolute atomic E-state index is 0.150. The van der Waals surface area contributed by atoms with Gasteiger partial charge < -0.3 is 14.4 Å². The number of anilines is 1. The van der Waals surface area contributed by atoms with Crippen LogP contribution in [0.25, 0.3) is 10.8 Å². The third-order valence-electron chi connectivity index (χ3n) is 6.39. The Morgan fingerprint density at radius 1 is 1.03 bits per heavy atom. The highest BCUT2D eigenvalue weighted by Crippen LogP contribution is 2.39. The van der Waals surface area contributed by atoms with Crippen LogP contribution >= 0.6 is 0 Å². The van der Waals surface area contributed by atoms with Crippen molar-refractivity contribution < 1.29 is 14.3 Å². The molecule has 0 heterocycles. The summed E-state index contributed by atoms with van der Waals surface area (Å²) >= 11 is 0. The van der Waals surface area contributed by atoms with Crippen molar-refractivity contribution in [2.24, 2.45) is 11.3 Å². The van der Waals surface area contributed by atoms with Gasteiger partial charge in [-0.2, -0.15) is 0 Å². The Balaban J connectivity index is 1.59. The molecule has 4 nitrogen and oxygen atoms in total. The molecule has 1 saturated carbocycles. The molecular weight excluding hydrogens is 374 g/mol. The fourth-order valence-electron chi connectivity index (χ4n) is 4.38. The first kappa shape index (κ1) is 22.5. The summed E-state index contributed by atoms with van der Waals surface area (Å²) in [6.07, 6.45) is 5.52. The normalized spacial score (nSPS) is 19.5. The second-order valence-electron chi connectivity index (χ2n) is 9.63. The maximum absolute atomic E-state index is 11.6. The molecule has 0 unspecified atom stereocenters. The first-order chi connectivity index (χ1) is 14.3. The Morgan fingerprint density at radius 2 is 1.70 bits per heavy atom. The number of fused-ring (bicyclic) bond motifs is 1. The molecule has 0 aliphatic heterocycles. The van der Waals surface area contributed by atoms with Crippen molar-refractivity contribution in [2.75, 3.05) is 25.1 Å². The van der Waals surface area contributed by atoms with Gasteiger partial charge in [0.05, 0.1) is 19.1 Å². The van der Waals surface area contributed by atoms with Crippen LogP contribution in [0.4, 0.5) is 5.69 Å². The minimum atomic E-state index is -0.150. The molecule has 1 aliphatic carbocycles. The van der Waals surface area contributed by atoms with Gasteiger partial charge in [-0.05, 0) is 79.0 Å². The highest BCUT2D eigenvalue weighted by atomic mass is 16.5. The van der Waals surface area contributed by atoms with E-state index in [2.05, 4.69) is 62.1 Å². The number of hydrogen-bond acceptors (Lipinski definition) is 4. The predicted octanol–water partition coefficient (Wildman–Crippen LogP) is 6.21. The van der Waals surface area contributed by atoms with Crippen molar-refractivity contribution in [3.05, 3.63) is 36.4 Å². The maximum Gasteiger partial charge on any atom is 0.307 e.